The van der Waals surface area contributed by atoms with E-state index < -0.39 is 0 Å². The predicted octanol–water partition coefficient (Wildman–Crippen LogP) is 5.89. The summed E-state index contributed by atoms with van der Waals surface area (Å²) in [6, 6.07) is 24.0. The van der Waals surface area contributed by atoms with E-state index in [-0.39, 0.29) is 0 Å². The summed E-state index contributed by atoms with van der Waals surface area (Å²) < 4.78 is 4.76. The van der Waals surface area contributed by atoms with Crippen molar-refractivity contribution in [1.29, 1.82) is 0 Å². The molecule has 0 saturated heterocycles. The van der Waals surface area contributed by atoms with Crippen LogP contribution in [-0.4, -0.2) is 19.1 Å². The Kier molecular flexibility index (Phi) is 3.54. The van der Waals surface area contributed by atoms with Crippen LogP contribution in [0.15, 0.2) is 66.7 Å². The fourth-order valence-corrected chi connectivity index (χ4v) is 5.00. The first-order valence-electron chi connectivity index (χ1n) is 10.3. The molecule has 146 valence electrons. The topological polar surface area (TPSA) is 35.6 Å². The Balaban J connectivity index is 1.78. The van der Waals surface area contributed by atoms with Crippen molar-refractivity contribution in [2.45, 2.75) is 20.4 Å². The highest BCUT2D eigenvalue weighted by Crippen LogP contribution is 2.38. The van der Waals surface area contributed by atoms with E-state index in [0.29, 0.717) is 0 Å². The smallest absolute Gasteiger partial charge is 0.125 e. The van der Waals surface area contributed by atoms with Gasteiger partial charge in [0.15, 0.2) is 0 Å². The standard InChI is InChI=1S/C26H22N4/c1-16-14-18(28-17(2)27-16)15-30-24-11-7-5-9-20(24)22-13-12-21-19-8-4-6-10-23(19)29(3)25(21)26(22)30/h4-14H,15H2,1-3H3. The van der Waals surface area contributed by atoms with Gasteiger partial charge in [-0.1, -0.05) is 48.5 Å². The van der Waals surface area contributed by atoms with Crippen molar-refractivity contribution in [2.75, 3.05) is 0 Å². The number of para-hydroxylation sites is 2. The van der Waals surface area contributed by atoms with Gasteiger partial charge in [-0.05, 0) is 32.0 Å². The number of rotatable bonds is 2. The van der Waals surface area contributed by atoms with E-state index in [1.54, 1.807) is 0 Å². The highest BCUT2D eigenvalue weighted by molar-refractivity contribution is 6.22. The third-order valence-electron chi connectivity index (χ3n) is 6.14. The molecule has 0 unspecified atom stereocenters. The Hall–Kier alpha value is -3.66. The summed E-state index contributed by atoms with van der Waals surface area (Å²) in [5, 5.41) is 5.15. The SMILES string of the molecule is Cc1cc(Cn2c3ccccc3c3ccc4c5ccccc5n(C)c4c32)nc(C)n1. The maximum Gasteiger partial charge on any atom is 0.125 e. The van der Waals surface area contributed by atoms with Crippen molar-refractivity contribution < 1.29 is 0 Å². The molecule has 3 aromatic heterocycles. The molecule has 0 aliphatic rings. The third kappa shape index (κ3) is 2.34. The van der Waals surface area contributed by atoms with Gasteiger partial charge in [0.1, 0.15) is 5.82 Å². The fraction of sp³-hybridized carbons (Fsp3) is 0.154. The minimum atomic E-state index is 0.717. The van der Waals surface area contributed by atoms with Crippen molar-refractivity contribution in [3.63, 3.8) is 0 Å². The van der Waals surface area contributed by atoms with Crippen molar-refractivity contribution in [1.82, 2.24) is 19.1 Å². The first kappa shape index (κ1) is 17.2. The highest BCUT2D eigenvalue weighted by atomic mass is 15.0. The second kappa shape index (κ2) is 6.17. The maximum atomic E-state index is 4.73. The molecule has 0 saturated carbocycles. The summed E-state index contributed by atoms with van der Waals surface area (Å²) in [5.41, 5.74) is 7.07. The molecule has 0 bridgehead atoms. The molecule has 6 rings (SSSR count). The van der Waals surface area contributed by atoms with Crippen LogP contribution in [0.25, 0.3) is 43.6 Å². The fourth-order valence-electron chi connectivity index (χ4n) is 5.00. The van der Waals surface area contributed by atoms with Crippen molar-refractivity contribution >= 4 is 43.6 Å². The van der Waals surface area contributed by atoms with E-state index in [1.165, 1.54) is 43.6 Å². The van der Waals surface area contributed by atoms with Crippen LogP contribution in [0.3, 0.4) is 0 Å². The van der Waals surface area contributed by atoms with E-state index in [0.717, 1.165) is 23.8 Å². The number of aryl methyl sites for hydroxylation is 3. The van der Waals surface area contributed by atoms with Crippen molar-refractivity contribution in [3.05, 3.63) is 83.9 Å². The zero-order chi connectivity index (χ0) is 20.4. The molecule has 0 aliphatic heterocycles. The lowest BCUT2D eigenvalue weighted by Crippen LogP contribution is -2.05. The minimum Gasteiger partial charge on any atom is -0.342 e. The van der Waals surface area contributed by atoms with Gasteiger partial charge in [0.05, 0.1) is 23.3 Å². The van der Waals surface area contributed by atoms with Crippen molar-refractivity contribution in [3.8, 4) is 0 Å². The Labute approximate surface area is 174 Å². The minimum absolute atomic E-state index is 0.717. The average Bonchev–Trinajstić information content (AvgIpc) is 3.21. The van der Waals surface area contributed by atoms with Gasteiger partial charge in [-0.3, -0.25) is 0 Å². The van der Waals surface area contributed by atoms with Gasteiger partial charge in [-0.2, -0.15) is 0 Å². The van der Waals surface area contributed by atoms with Gasteiger partial charge < -0.3 is 9.13 Å². The van der Waals surface area contributed by atoms with E-state index >= 15 is 0 Å². The van der Waals surface area contributed by atoms with Gasteiger partial charge in [0, 0.05) is 45.3 Å². The Bertz CT molecular complexity index is 1580. The van der Waals surface area contributed by atoms with E-state index in [1.807, 2.05) is 13.8 Å². The van der Waals surface area contributed by atoms with E-state index in [2.05, 4.69) is 87.9 Å². The molecule has 30 heavy (non-hydrogen) atoms. The lowest BCUT2D eigenvalue weighted by Gasteiger charge is -2.10. The number of fused-ring (bicyclic) bond motifs is 7. The van der Waals surface area contributed by atoms with Crippen LogP contribution in [0.5, 0.6) is 0 Å². The van der Waals surface area contributed by atoms with Crippen molar-refractivity contribution in [2.24, 2.45) is 7.05 Å². The quantitative estimate of drug-likeness (QED) is 0.369. The predicted molar refractivity (Wildman–Crippen MR) is 124 cm³/mol. The molecule has 3 heterocycles. The summed E-state index contributed by atoms with van der Waals surface area (Å²) in [7, 11) is 2.17. The molecule has 6 aromatic rings. The first-order valence-corrected chi connectivity index (χ1v) is 10.3. The molecule has 3 aromatic carbocycles. The summed E-state index contributed by atoms with van der Waals surface area (Å²) in [4.78, 5) is 9.19. The van der Waals surface area contributed by atoms with Gasteiger partial charge in [-0.25, -0.2) is 9.97 Å². The zero-order valence-corrected chi connectivity index (χ0v) is 17.3. The summed E-state index contributed by atoms with van der Waals surface area (Å²) in [6.45, 7) is 4.71. The van der Waals surface area contributed by atoms with Gasteiger partial charge in [-0.15, -0.1) is 0 Å². The average molecular weight is 390 g/mol. The van der Waals surface area contributed by atoms with Gasteiger partial charge >= 0.3 is 0 Å². The number of nitrogens with zero attached hydrogens (tertiary/aromatic N) is 4. The van der Waals surface area contributed by atoms with Crippen LogP contribution in [-0.2, 0) is 13.6 Å². The number of hydrogen-bond acceptors (Lipinski definition) is 2. The normalized spacial score (nSPS) is 12.0. The third-order valence-corrected chi connectivity index (χ3v) is 6.14. The Morgan fingerprint density at radius 3 is 2.07 bits per heavy atom. The van der Waals surface area contributed by atoms with Crippen LogP contribution in [0.4, 0.5) is 0 Å². The zero-order valence-electron chi connectivity index (χ0n) is 17.3. The number of aromatic nitrogens is 4. The molecule has 0 radical (unpaired) electrons. The van der Waals surface area contributed by atoms with Crippen LogP contribution < -0.4 is 0 Å². The molecular weight excluding hydrogens is 368 g/mol. The largest absolute Gasteiger partial charge is 0.342 e. The molecule has 0 aliphatic carbocycles. The molecule has 4 heteroatoms. The lowest BCUT2D eigenvalue weighted by atomic mass is 10.1. The van der Waals surface area contributed by atoms with Crippen LogP contribution in [0.1, 0.15) is 17.2 Å². The summed E-state index contributed by atoms with van der Waals surface area (Å²) >= 11 is 0. The van der Waals surface area contributed by atoms with Gasteiger partial charge in [0.25, 0.3) is 0 Å². The molecular formula is C26H22N4. The molecule has 0 atom stereocenters. The van der Waals surface area contributed by atoms with E-state index in [9.17, 15) is 0 Å². The monoisotopic (exact) mass is 390 g/mol. The molecule has 0 amide bonds. The Morgan fingerprint density at radius 2 is 1.33 bits per heavy atom. The van der Waals surface area contributed by atoms with Crippen LogP contribution in [0, 0.1) is 13.8 Å². The van der Waals surface area contributed by atoms with E-state index in [4.69, 9.17) is 4.98 Å². The summed E-state index contributed by atoms with van der Waals surface area (Å²) in [5.74, 6) is 0.820. The molecule has 0 spiro atoms. The first-order chi connectivity index (χ1) is 14.6. The Morgan fingerprint density at radius 1 is 0.700 bits per heavy atom. The number of benzene rings is 3. The number of hydrogen-bond donors (Lipinski definition) is 0. The molecule has 0 N–H and O–H groups in total. The molecule has 4 nitrogen and oxygen atoms in total. The van der Waals surface area contributed by atoms with Crippen LogP contribution in [0.2, 0.25) is 0 Å². The maximum absolute atomic E-state index is 4.73. The highest BCUT2D eigenvalue weighted by Gasteiger charge is 2.18. The second-order valence-corrected chi connectivity index (χ2v) is 8.09. The van der Waals surface area contributed by atoms with Crippen LogP contribution >= 0.6 is 0 Å². The summed E-state index contributed by atoms with van der Waals surface area (Å²) in [6.07, 6.45) is 0. The van der Waals surface area contributed by atoms with Gasteiger partial charge in [0.2, 0.25) is 0 Å². The lowest BCUT2D eigenvalue weighted by molar-refractivity contribution is 0.810. The molecule has 0 fully saturated rings. The second-order valence-electron chi connectivity index (χ2n) is 8.09.